The predicted molar refractivity (Wildman–Crippen MR) is 95.6 cm³/mol. The highest BCUT2D eigenvalue weighted by molar-refractivity contribution is 14.1. The molecule has 23 heavy (non-hydrogen) atoms. The van der Waals surface area contributed by atoms with Gasteiger partial charge in [-0.1, -0.05) is 12.1 Å². The Hall–Kier alpha value is -1.87. The summed E-state index contributed by atoms with van der Waals surface area (Å²) >= 11 is 2.19. The summed E-state index contributed by atoms with van der Waals surface area (Å²) in [6, 6.07) is 13.8. The van der Waals surface area contributed by atoms with Crippen molar-refractivity contribution in [3.05, 3.63) is 68.9 Å². The lowest BCUT2D eigenvalue weighted by Gasteiger charge is -2.07. The summed E-state index contributed by atoms with van der Waals surface area (Å²) in [5.41, 5.74) is 1.95. The minimum atomic E-state index is -3.26. The van der Waals surface area contributed by atoms with E-state index in [9.17, 15) is 13.2 Å². The van der Waals surface area contributed by atoms with Crippen LogP contribution in [0, 0.1) is 3.57 Å². The standard InChI is InChI=1S/C16H12INO4S/c1-23(20,21)14-8-2-11(3-9-14)15-10-22-16(19)18(15)13-6-4-12(17)5-7-13/h2-10H,1H3. The molecule has 2 aromatic carbocycles. The van der Waals surface area contributed by atoms with Gasteiger partial charge in [-0.05, 0) is 59.0 Å². The second-order valence-corrected chi connectivity index (χ2v) is 8.26. The van der Waals surface area contributed by atoms with E-state index < -0.39 is 15.6 Å². The number of hydrogen-bond donors (Lipinski definition) is 0. The first kappa shape index (κ1) is 16.0. The van der Waals surface area contributed by atoms with E-state index in [-0.39, 0.29) is 4.90 Å². The van der Waals surface area contributed by atoms with Gasteiger partial charge in [0.15, 0.2) is 9.84 Å². The SMILES string of the molecule is CS(=O)(=O)c1ccc(-c2coc(=O)n2-c2ccc(I)cc2)cc1. The fraction of sp³-hybridized carbons (Fsp3) is 0.0625. The topological polar surface area (TPSA) is 69.3 Å². The molecule has 7 heteroatoms. The maximum absolute atomic E-state index is 12.0. The lowest BCUT2D eigenvalue weighted by Crippen LogP contribution is -2.13. The van der Waals surface area contributed by atoms with Gasteiger partial charge in [0.1, 0.15) is 6.26 Å². The summed E-state index contributed by atoms with van der Waals surface area (Å²) in [6.45, 7) is 0. The van der Waals surface area contributed by atoms with Gasteiger partial charge < -0.3 is 4.42 Å². The molecule has 3 aromatic rings. The smallest absolute Gasteiger partial charge is 0.415 e. The van der Waals surface area contributed by atoms with Crippen molar-refractivity contribution in [2.45, 2.75) is 4.90 Å². The van der Waals surface area contributed by atoms with Crippen molar-refractivity contribution in [1.82, 2.24) is 4.57 Å². The van der Waals surface area contributed by atoms with Gasteiger partial charge in [-0.2, -0.15) is 0 Å². The second-order valence-electron chi connectivity index (χ2n) is 5.00. The minimum absolute atomic E-state index is 0.230. The molecule has 0 aliphatic carbocycles. The van der Waals surface area contributed by atoms with Crippen LogP contribution >= 0.6 is 22.6 Å². The van der Waals surface area contributed by atoms with Gasteiger partial charge in [0.2, 0.25) is 0 Å². The van der Waals surface area contributed by atoms with Crippen LogP contribution in [0.5, 0.6) is 0 Å². The third kappa shape index (κ3) is 3.25. The van der Waals surface area contributed by atoms with Crippen LogP contribution in [0.25, 0.3) is 16.9 Å². The lowest BCUT2D eigenvalue weighted by molar-refractivity contribution is 0.504. The van der Waals surface area contributed by atoms with Crippen molar-refractivity contribution in [3.63, 3.8) is 0 Å². The average Bonchev–Trinajstić information content (AvgIpc) is 2.89. The van der Waals surface area contributed by atoms with E-state index in [2.05, 4.69) is 22.6 Å². The van der Waals surface area contributed by atoms with Gasteiger partial charge in [0.25, 0.3) is 0 Å². The van der Waals surface area contributed by atoms with Crippen molar-refractivity contribution in [2.24, 2.45) is 0 Å². The second kappa shape index (κ2) is 5.97. The lowest BCUT2D eigenvalue weighted by atomic mass is 10.1. The van der Waals surface area contributed by atoms with Crippen molar-refractivity contribution >= 4 is 32.4 Å². The molecule has 0 unspecified atom stereocenters. The summed E-state index contributed by atoms with van der Waals surface area (Å²) in [5.74, 6) is -0.492. The molecule has 118 valence electrons. The number of rotatable bonds is 3. The van der Waals surface area contributed by atoms with Crippen LogP contribution in [0.15, 0.2) is 68.9 Å². The van der Waals surface area contributed by atoms with Crippen LogP contribution in [0.1, 0.15) is 0 Å². The number of benzene rings is 2. The number of sulfone groups is 1. The van der Waals surface area contributed by atoms with Gasteiger partial charge in [-0.3, -0.25) is 0 Å². The zero-order chi connectivity index (χ0) is 16.6. The molecular weight excluding hydrogens is 429 g/mol. The molecule has 0 N–H and O–H groups in total. The predicted octanol–water partition coefficient (Wildman–Crippen LogP) is 3.11. The van der Waals surface area contributed by atoms with E-state index >= 15 is 0 Å². The van der Waals surface area contributed by atoms with Crippen LogP contribution in [0.4, 0.5) is 0 Å². The number of hydrogen-bond acceptors (Lipinski definition) is 4. The zero-order valence-corrected chi connectivity index (χ0v) is 15.0. The number of nitrogens with zero attached hydrogens (tertiary/aromatic N) is 1. The highest BCUT2D eigenvalue weighted by atomic mass is 127. The Kier molecular flexibility index (Phi) is 4.15. The summed E-state index contributed by atoms with van der Waals surface area (Å²) in [6.07, 6.45) is 2.52. The van der Waals surface area contributed by atoms with Gasteiger partial charge in [-0.15, -0.1) is 0 Å². The highest BCUT2D eigenvalue weighted by Crippen LogP contribution is 2.23. The molecule has 0 aliphatic rings. The molecule has 0 saturated carbocycles. The number of aromatic nitrogens is 1. The largest absolute Gasteiger partial charge is 0.424 e. The van der Waals surface area contributed by atoms with Crippen LogP contribution in [0.2, 0.25) is 0 Å². The molecule has 0 saturated heterocycles. The number of oxazole rings is 1. The summed E-state index contributed by atoms with van der Waals surface area (Å²) in [5, 5.41) is 0. The summed E-state index contributed by atoms with van der Waals surface area (Å²) < 4.78 is 30.6. The zero-order valence-electron chi connectivity index (χ0n) is 12.1. The molecule has 0 aliphatic heterocycles. The molecule has 0 amide bonds. The third-order valence-corrected chi connectivity index (χ3v) is 5.21. The third-order valence-electron chi connectivity index (χ3n) is 3.36. The Morgan fingerprint density at radius 2 is 1.61 bits per heavy atom. The summed E-state index contributed by atoms with van der Waals surface area (Å²) in [4.78, 5) is 12.3. The Bertz CT molecular complexity index is 999. The van der Waals surface area contributed by atoms with Crippen molar-refractivity contribution in [1.29, 1.82) is 0 Å². The summed E-state index contributed by atoms with van der Waals surface area (Å²) in [7, 11) is -3.26. The van der Waals surface area contributed by atoms with Crippen LogP contribution in [-0.4, -0.2) is 19.2 Å². The average molecular weight is 441 g/mol. The molecule has 5 nitrogen and oxygen atoms in total. The van der Waals surface area contributed by atoms with E-state index in [4.69, 9.17) is 4.42 Å². The quantitative estimate of drug-likeness (QED) is 0.586. The molecule has 1 aromatic heterocycles. The van der Waals surface area contributed by atoms with E-state index in [0.717, 1.165) is 9.83 Å². The normalized spacial score (nSPS) is 11.6. The Balaban J connectivity index is 2.12. The van der Waals surface area contributed by atoms with Gasteiger partial charge in [0, 0.05) is 15.4 Å². The van der Waals surface area contributed by atoms with E-state index in [0.29, 0.717) is 16.9 Å². The molecule has 0 atom stereocenters. The fourth-order valence-corrected chi connectivity index (χ4v) is 3.20. The molecule has 0 bridgehead atoms. The molecular formula is C16H12INO4S. The highest BCUT2D eigenvalue weighted by Gasteiger charge is 2.14. The minimum Gasteiger partial charge on any atom is -0.415 e. The van der Waals surface area contributed by atoms with Crippen LogP contribution in [-0.2, 0) is 9.84 Å². The maximum Gasteiger partial charge on any atom is 0.424 e. The monoisotopic (exact) mass is 441 g/mol. The van der Waals surface area contributed by atoms with Crippen molar-refractivity contribution in [2.75, 3.05) is 6.26 Å². The first-order valence-corrected chi connectivity index (χ1v) is 9.60. The maximum atomic E-state index is 12.0. The van der Waals surface area contributed by atoms with Crippen LogP contribution in [0.3, 0.4) is 0 Å². The first-order valence-electron chi connectivity index (χ1n) is 6.63. The molecule has 0 radical (unpaired) electrons. The Morgan fingerprint density at radius 3 is 2.17 bits per heavy atom. The molecule has 0 spiro atoms. The Labute approximate surface area is 146 Å². The number of halogens is 1. The van der Waals surface area contributed by atoms with Crippen LogP contribution < -0.4 is 5.76 Å². The van der Waals surface area contributed by atoms with E-state index in [1.165, 1.54) is 23.0 Å². The molecule has 3 rings (SSSR count). The Morgan fingerprint density at radius 1 is 1.00 bits per heavy atom. The van der Waals surface area contributed by atoms with Crippen molar-refractivity contribution in [3.8, 4) is 16.9 Å². The fourth-order valence-electron chi connectivity index (χ4n) is 2.21. The van der Waals surface area contributed by atoms with E-state index in [1.807, 2.05) is 24.3 Å². The van der Waals surface area contributed by atoms with Gasteiger partial charge in [-0.25, -0.2) is 17.8 Å². The molecule has 1 heterocycles. The molecule has 0 fully saturated rings. The van der Waals surface area contributed by atoms with Crippen molar-refractivity contribution < 1.29 is 12.8 Å². The van der Waals surface area contributed by atoms with Gasteiger partial charge in [0.05, 0.1) is 16.3 Å². The first-order chi connectivity index (χ1) is 10.9. The van der Waals surface area contributed by atoms with Gasteiger partial charge >= 0.3 is 5.76 Å². The van der Waals surface area contributed by atoms with E-state index in [1.54, 1.807) is 12.1 Å².